The zero-order chi connectivity index (χ0) is 12.1. The fraction of sp³-hybridized carbons (Fsp3) is 0.0833. The molecule has 0 saturated heterocycles. The van der Waals surface area contributed by atoms with E-state index in [-0.39, 0.29) is 5.69 Å². The minimum atomic E-state index is 0.267. The Morgan fingerprint density at radius 3 is 2.53 bits per heavy atom. The molecular weight excluding hydrogens is 238 g/mol. The van der Waals surface area contributed by atoms with Crippen molar-refractivity contribution in [3.8, 4) is 11.9 Å². The zero-order valence-electron chi connectivity index (χ0n) is 8.80. The topological polar surface area (TPSA) is 58.8 Å². The smallest absolute Gasteiger partial charge is 0.232 e. The lowest BCUT2D eigenvalue weighted by Gasteiger charge is -2.04. The lowest BCUT2D eigenvalue weighted by Crippen LogP contribution is -1.98. The molecule has 0 fully saturated rings. The Kier molecular flexibility index (Phi) is 3.53. The van der Waals surface area contributed by atoms with Gasteiger partial charge in [0.2, 0.25) is 5.88 Å². The van der Waals surface area contributed by atoms with E-state index in [0.717, 1.165) is 5.56 Å². The third-order valence-corrected chi connectivity index (χ3v) is 2.29. The lowest BCUT2D eigenvalue weighted by atomic mass is 10.2. The molecule has 5 heteroatoms. The molecule has 0 spiro atoms. The fourth-order valence-electron chi connectivity index (χ4n) is 1.19. The largest absolute Gasteiger partial charge is 0.472 e. The van der Waals surface area contributed by atoms with Gasteiger partial charge in [0.15, 0.2) is 5.69 Å². The van der Waals surface area contributed by atoms with Crippen LogP contribution in [0.15, 0.2) is 36.7 Å². The molecule has 0 aliphatic heterocycles. The third kappa shape index (κ3) is 3.16. The number of nitrogens with zero attached hydrogens (tertiary/aromatic N) is 3. The molecule has 2 rings (SSSR count). The summed E-state index contributed by atoms with van der Waals surface area (Å²) in [5.74, 6) is 0.388. The molecule has 1 aromatic heterocycles. The number of hydrogen-bond donors (Lipinski definition) is 0. The van der Waals surface area contributed by atoms with Crippen molar-refractivity contribution < 1.29 is 4.74 Å². The number of benzene rings is 1. The van der Waals surface area contributed by atoms with E-state index < -0.39 is 0 Å². The normalized spacial score (nSPS) is 9.65. The highest BCUT2D eigenvalue weighted by atomic mass is 35.5. The highest BCUT2D eigenvalue weighted by molar-refractivity contribution is 6.30. The van der Waals surface area contributed by atoms with E-state index in [1.807, 2.05) is 18.2 Å². The predicted molar refractivity (Wildman–Crippen MR) is 62.5 cm³/mol. The monoisotopic (exact) mass is 245 g/mol. The van der Waals surface area contributed by atoms with Gasteiger partial charge in [0, 0.05) is 5.02 Å². The van der Waals surface area contributed by atoms with Gasteiger partial charge in [-0.1, -0.05) is 23.7 Å². The van der Waals surface area contributed by atoms with Crippen LogP contribution >= 0.6 is 11.6 Å². The molecule has 0 unspecified atom stereocenters. The molecule has 17 heavy (non-hydrogen) atoms. The molecule has 0 amide bonds. The van der Waals surface area contributed by atoms with Crippen molar-refractivity contribution in [2.45, 2.75) is 6.61 Å². The molecule has 0 atom stereocenters. The number of rotatable bonds is 3. The average molecular weight is 246 g/mol. The van der Waals surface area contributed by atoms with Crippen LogP contribution in [-0.2, 0) is 6.61 Å². The maximum absolute atomic E-state index is 8.56. The van der Waals surface area contributed by atoms with E-state index in [1.54, 1.807) is 12.1 Å². The molecule has 0 aliphatic carbocycles. The van der Waals surface area contributed by atoms with Gasteiger partial charge in [-0.05, 0) is 17.7 Å². The number of halogens is 1. The summed E-state index contributed by atoms with van der Waals surface area (Å²) in [4.78, 5) is 7.80. The molecule has 1 aromatic carbocycles. The fourth-order valence-corrected chi connectivity index (χ4v) is 1.31. The quantitative estimate of drug-likeness (QED) is 0.834. The standard InChI is InChI=1S/C12H8ClN3O/c13-10-3-1-9(2-4-10)8-17-12-7-15-11(5-14)6-16-12/h1-4,6-7H,8H2. The van der Waals surface area contributed by atoms with Crippen LogP contribution in [0.25, 0.3) is 0 Å². The summed E-state index contributed by atoms with van der Waals surface area (Å²) in [6.45, 7) is 0.387. The van der Waals surface area contributed by atoms with Crippen LogP contribution in [0.2, 0.25) is 5.02 Å². The van der Waals surface area contributed by atoms with E-state index in [4.69, 9.17) is 21.6 Å². The summed E-state index contributed by atoms with van der Waals surface area (Å²) >= 11 is 5.77. The van der Waals surface area contributed by atoms with Gasteiger partial charge in [0.05, 0.1) is 12.4 Å². The van der Waals surface area contributed by atoms with Crippen molar-refractivity contribution in [1.82, 2.24) is 9.97 Å². The van der Waals surface area contributed by atoms with Gasteiger partial charge in [-0.25, -0.2) is 9.97 Å². The number of hydrogen-bond acceptors (Lipinski definition) is 4. The molecular formula is C12H8ClN3O. The third-order valence-electron chi connectivity index (χ3n) is 2.04. The predicted octanol–water partition coefficient (Wildman–Crippen LogP) is 2.58. The van der Waals surface area contributed by atoms with E-state index in [2.05, 4.69) is 9.97 Å². The first-order chi connectivity index (χ1) is 8.28. The summed E-state index contributed by atoms with van der Waals surface area (Å²) in [7, 11) is 0. The molecule has 0 saturated carbocycles. The molecule has 0 aliphatic rings. The van der Waals surface area contributed by atoms with Crippen LogP contribution in [0.1, 0.15) is 11.3 Å². The second kappa shape index (κ2) is 5.28. The first-order valence-corrected chi connectivity index (χ1v) is 5.25. The SMILES string of the molecule is N#Cc1cnc(OCc2ccc(Cl)cc2)cn1. The van der Waals surface area contributed by atoms with Gasteiger partial charge in [0.25, 0.3) is 0 Å². The maximum Gasteiger partial charge on any atom is 0.232 e. The van der Waals surface area contributed by atoms with Gasteiger partial charge < -0.3 is 4.74 Å². The van der Waals surface area contributed by atoms with Gasteiger partial charge in [-0.3, -0.25) is 0 Å². The summed E-state index contributed by atoms with van der Waals surface area (Å²) in [5.41, 5.74) is 1.25. The minimum Gasteiger partial charge on any atom is -0.472 e. The Bertz CT molecular complexity index is 531. The Morgan fingerprint density at radius 2 is 1.94 bits per heavy atom. The Morgan fingerprint density at radius 1 is 1.18 bits per heavy atom. The van der Waals surface area contributed by atoms with Crippen LogP contribution in [0, 0.1) is 11.3 Å². The van der Waals surface area contributed by atoms with Crippen LogP contribution in [0.3, 0.4) is 0 Å². The van der Waals surface area contributed by atoms with E-state index in [1.165, 1.54) is 12.4 Å². The summed E-state index contributed by atoms with van der Waals surface area (Å²) < 4.78 is 5.41. The van der Waals surface area contributed by atoms with Gasteiger partial charge >= 0.3 is 0 Å². The van der Waals surface area contributed by atoms with E-state index in [9.17, 15) is 0 Å². The Balaban J connectivity index is 1.98. The molecule has 1 heterocycles. The van der Waals surface area contributed by atoms with E-state index >= 15 is 0 Å². The van der Waals surface area contributed by atoms with Crippen molar-refractivity contribution in [3.63, 3.8) is 0 Å². The number of ether oxygens (including phenoxy) is 1. The van der Waals surface area contributed by atoms with Crippen LogP contribution in [-0.4, -0.2) is 9.97 Å². The van der Waals surface area contributed by atoms with Crippen LogP contribution in [0.4, 0.5) is 0 Å². The molecule has 0 bridgehead atoms. The molecule has 0 N–H and O–H groups in total. The molecule has 4 nitrogen and oxygen atoms in total. The highest BCUT2D eigenvalue weighted by Gasteiger charge is 1.99. The maximum atomic E-state index is 8.56. The Labute approximate surface area is 103 Å². The van der Waals surface area contributed by atoms with Gasteiger partial charge in [0.1, 0.15) is 12.7 Å². The number of aromatic nitrogens is 2. The lowest BCUT2D eigenvalue weighted by molar-refractivity contribution is 0.292. The summed E-state index contributed by atoms with van der Waals surface area (Å²) in [6, 6.07) is 9.23. The second-order valence-corrected chi connectivity index (χ2v) is 3.70. The summed E-state index contributed by atoms with van der Waals surface area (Å²) in [5, 5.41) is 9.24. The van der Waals surface area contributed by atoms with Crippen molar-refractivity contribution in [2.24, 2.45) is 0 Å². The number of nitriles is 1. The van der Waals surface area contributed by atoms with E-state index in [0.29, 0.717) is 17.5 Å². The van der Waals surface area contributed by atoms with Gasteiger partial charge in [-0.15, -0.1) is 0 Å². The minimum absolute atomic E-state index is 0.267. The van der Waals surface area contributed by atoms with Gasteiger partial charge in [-0.2, -0.15) is 5.26 Å². The van der Waals surface area contributed by atoms with Crippen molar-refractivity contribution in [1.29, 1.82) is 5.26 Å². The highest BCUT2D eigenvalue weighted by Crippen LogP contribution is 2.12. The van der Waals surface area contributed by atoms with Crippen molar-refractivity contribution in [2.75, 3.05) is 0 Å². The van der Waals surface area contributed by atoms with Crippen LogP contribution < -0.4 is 4.74 Å². The van der Waals surface area contributed by atoms with Crippen LogP contribution in [0.5, 0.6) is 5.88 Å². The average Bonchev–Trinajstić information content (AvgIpc) is 2.39. The first-order valence-electron chi connectivity index (χ1n) is 4.87. The summed E-state index contributed by atoms with van der Waals surface area (Å²) in [6.07, 6.45) is 2.80. The zero-order valence-corrected chi connectivity index (χ0v) is 9.55. The van der Waals surface area contributed by atoms with Crippen molar-refractivity contribution in [3.05, 3.63) is 52.9 Å². The first kappa shape index (κ1) is 11.4. The molecule has 2 aromatic rings. The molecule has 84 valence electrons. The Hall–Kier alpha value is -2.12. The molecule has 0 radical (unpaired) electrons. The second-order valence-electron chi connectivity index (χ2n) is 3.27. The van der Waals surface area contributed by atoms with Crippen molar-refractivity contribution >= 4 is 11.6 Å².